The van der Waals surface area contributed by atoms with Gasteiger partial charge in [-0.2, -0.15) is 0 Å². The minimum absolute atomic E-state index is 0.107. The summed E-state index contributed by atoms with van der Waals surface area (Å²) in [7, 11) is 0. The molecule has 0 aromatic carbocycles. The highest BCUT2D eigenvalue weighted by Crippen LogP contribution is 2.13. The number of carbonyl (C=O) groups excluding carboxylic acids is 2. The summed E-state index contributed by atoms with van der Waals surface area (Å²) in [4.78, 5) is 22.8. The first kappa shape index (κ1) is 15.2. The maximum absolute atomic E-state index is 11.5. The molecule has 0 bridgehead atoms. The highest BCUT2D eigenvalue weighted by Gasteiger charge is 2.10. The van der Waals surface area contributed by atoms with E-state index in [1.807, 2.05) is 6.92 Å². The summed E-state index contributed by atoms with van der Waals surface area (Å²) >= 11 is 1.22. The van der Waals surface area contributed by atoms with Crippen molar-refractivity contribution >= 4 is 23.7 Å². The molecule has 8 heteroatoms. The van der Waals surface area contributed by atoms with Gasteiger partial charge in [0.15, 0.2) is 5.16 Å². The van der Waals surface area contributed by atoms with Gasteiger partial charge in [-0.05, 0) is 6.42 Å². The van der Waals surface area contributed by atoms with Crippen LogP contribution in [0.4, 0.5) is 4.79 Å². The molecule has 2 N–H and O–H groups in total. The number of rotatable bonds is 7. The number of thioether (sulfide) groups is 1. The molecule has 0 spiro atoms. The van der Waals surface area contributed by atoms with Crippen molar-refractivity contribution in [3.8, 4) is 0 Å². The molecule has 7 nitrogen and oxygen atoms in total. The summed E-state index contributed by atoms with van der Waals surface area (Å²) in [6.07, 6.45) is 4.10. The van der Waals surface area contributed by atoms with Crippen molar-refractivity contribution in [2.75, 3.05) is 12.3 Å². The van der Waals surface area contributed by atoms with Crippen LogP contribution in [0.3, 0.4) is 0 Å². The van der Waals surface area contributed by atoms with Crippen molar-refractivity contribution in [3.05, 3.63) is 19.0 Å². The molecule has 0 fully saturated rings. The Bertz CT molecular complexity index is 446. The summed E-state index contributed by atoms with van der Waals surface area (Å²) in [5.74, 6) is -0.262. The lowest BCUT2D eigenvalue weighted by Crippen LogP contribution is -2.40. The van der Waals surface area contributed by atoms with Crippen molar-refractivity contribution in [2.24, 2.45) is 0 Å². The Labute approximate surface area is 115 Å². The topological polar surface area (TPSA) is 88.9 Å². The number of carbonyl (C=O) groups is 2. The van der Waals surface area contributed by atoms with E-state index in [1.165, 1.54) is 11.8 Å². The van der Waals surface area contributed by atoms with Gasteiger partial charge in [0.2, 0.25) is 5.91 Å². The number of urea groups is 1. The summed E-state index contributed by atoms with van der Waals surface area (Å²) < 4.78 is 1.77. The molecular formula is C11H17N5O2S. The van der Waals surface area contributed by atoms with Gasteiger partial charge in [-0.1, -0.05) is 24.8 Å². The van der Waals surface area contributed by atoms with Gasteiger partial charge >= 0.3 is 6.03 Å². The quantitative estimate of drug-likeness (QED) is 0.570. The van der Waals surface area contributed by atoms with Crippen LogP contribution in [0.1, 0.15) is 13.3 Å². The van der Waals surface area contributed by atoms with E-state index in [2.05, 4.69) is 27.4 Å². The third-order valence-corrected chi connectivity index (χ3v) is 3.01. The molecule has 0 radical (unpaired) electrons. The fourth-order valence-electron chi connectivity index (χ4n) is 1.20. The molecule has 1 aromatic rings. The number of imide groups is 1. The zero-order chi connectivity index (χ0) is 14.1. The van der Waals surface area contributed by atoms with Crippen molar-refractivity contribution in [3.63, 3.8) is 0 Å². The summed E-state index contributed by atoms with van der Waals surface area (Å²) in [5, 5.41) is 13.1. The molecule has 0 aliphatic heterocycles. The van der Waals surface area contributed by atoms with Crippen LogP contribution >= 0.6 is 11.8 Å². The van der Waals surface area contributed by atoms with Crippen molar-refractivity contribution < 1.29 is 9.59 Å². The third-order valence-electron chi connectivity index (χ3n) is 2.03. The second kappa shape index (κ2) is 8.30. The van der Waals surface area contributed by atoms with E-state index in [-0.39, 0.29) is 11.7 Å². The van der Waals surface area contributed by atoms with Crippen LogP contribution in [0.2, 0.25) is 0 Å². The number of hydrogen-bond donors (Lipinski definition) is 2. The highest BCUT2D eigenvalue weighted by atomic mass is 32.2. The van der Waals surface area contributed by atoms with E-state index in [9.17, 15) is 9.59 Å². The molecule has 0 saturated heterocycles. The second-order valence-corrected chi connectivity index (χ2v) is 4.59. The van der Waals surface area contributed by atoms with Crippen molar-refractivity contribution in [2.45, 2.75) is 25.0 Å². The molecule has 19 heavy (non-hydrogen) atoms. The smallest absolute Gasteiger partial charge is 0.321 e. The molecule has 1 aromatic heterocycles. The minimum Gasteiger partial charge on any atom is -0.338 e. The summed E-state index contributed by atoms with van der Waals surface area (Å²) in [6, 6.07) is -0.472. The largest absolute Gasteiger partial charge is 0.338 e. The number of hydrogen-bond acceptors (Lipinski definition) is 5. The Morgan fingerprint density at radius 3 is 3.05 bits per heavy atom. The van der Waals surface area contributed by atoms with E-state index < -0.39 is 6.03 Å². The molecule has 104 valence electrons. The Kier molecular flexibility index (Phi) is 6.65. The highest BCUT2D eigenvalue weighted by molar-refractivity contribution is 7.99. The predicted molar refractivity (Wildman–Crippen MR) is 72.8 cm³/mol. The summed E-state index contributed by atoms with van der Waals surface area (Å²) in [6.45, 7) is 6.68. The van der Waals surface area contributed by atoms with Gasteiger partial charge in [0.05, 0.1) is 5.75 Å². The molecule has 1 rings (SSSR count). The van der Waals surface area contributed by atoms with Crippen LogP contribution in [0.5, 0.6) is 0 Å². The standard InChI is InChI=1S/C11H17N5O2S/c1-3-5-12-10(18)14-9(17)7-19-11-15-13-8-16(11)6-4-2/h4,8H,2-3,5-7H2,1H3,(H2,12,14,17,18). The van der Waals surface area contributed by atoms with Crippen LogP contribution in [-0.4, -0.2) is 39.0 Å². The monoisotopic (exact) mass is 283 g/mol. The van der Waals surface area contributed by atoms with E-state index in [4.69, 9.17) is 0 Å². The first-order chi connectivity index (χ1) is 9.17. The first-order valence-corrected chi connectivity index (χ1v) is 6.85. The van der Waals surface area contributed by atoms with E-state index in [0.717, 1.165) is 6.42 Å². The van der Waals surface area contributed by atoms with Gasteiger partial charge in [-0.15, -0.1) is 16.8 Å². The number of nitrogens with zero attached hydrogens (tertiary/aromatic N) is 3. The number of amides is 3. The average Bonchev–Trinajstić information content (AvgIpc) is 2.82. The first-order valence-electron chi connectivity index (χ1n) is 5.86. The van der Waals surface area contributed by atoms with Gasteiger partial charge in [-0.25, -0.2) is 4.79 Å². The normalized spacial score (nSPS) is 9.95. The number of allylic oxidation sites excluding steroid dienone is 1. The van der Waals surface area contributed by atoms with Gasteiger partial charge in [-0.3, -0.25) is 10.1 Å². The van der Waals surface area contributed by atoms with Crippen LogP contribution in [0.25, 0.3) is 0 Å². The fourth-order valence-corrected chi connectivity index (χ4v) is 1.92. The lowest BCUT2D eigenvalue weighted by atomic mass is 10.5. The van der Waals surface area contributed by atoms with Crippen LogP contribution in [-0.2, 0) is 11.3 Å². The van der Waals surface area contributed by atoms with Crippen LogP contribution in [0, 0.1) is 0 Å². The zero-order valence-electron chi connectivity index (χ0n) is 10.8. The van der Waals surface area contributed by atoms with Gasteiger partial charge < -0.3 is 9.88 Å². The molecular weight excluding hydrogens is 266 g/mol. The third kappa shape index (κ3) is 5.56. The maximum Gasteiger partial charge on any atom is 0.321 e. The second-order valence-electron chi connectivity index (χ2n) is 3.65. The number of nitrogens with one attached hydrogen (secondary N) is 2. The molecule has 1 heterocycles. The Balaban J connectivity index is 2.35. The van der Waals surface area contributed by atoms with Gasteiger partial charge in [0.1, 0.15) is 6.33 Å². The fraction of sp³-hybridized carbons (Fsp3) is 0.455. The van der Waals surface area contributed by atoms with Crippen LogP contribution in [0.15, 0.2) is 24.1 Å². The van der Waals surface area contributed by atoms with E-state index >= 15 is 0 Å². The molecule has 0 unspecified atom stereocenters. The lowest BCUT2D eigenvalue weighted by Gasteiger charge is -2.05. The maximum atomic E-state index is 11.5. The van der Waals surface area contributed by atoms with Gasteiger partial charge in [0.25, 0.3) is 0 Å². The molecule has 0 atom stereocenters. The Morgan fingerprint density at radius 2 is 2.37 bits per heavy atom. The Morgan fingerprint density at radius 1 is 1.58 bits per heavy atom. The lowest BCUT2D eigenvalue weighted by molar-refractivity contribution is -0.117. The van der Waals surface area contributed by atoms with Crippen LogP contribution < -0.4 is 10.6 Å². The van der Waals surface area contributed by atoms with E-state index in [1.54, 1.807) is 17.0 Å². The molecule has 0 saturated carbocycles. The predicted octanol–water partition coefficient (Wildman–Crippen LogP) is 0.792. The SMILES string of the molecule is C=CCn1cnnc1SCC(=O)NC(=O)NCCC. The summed E-state index contributed by atoms with van der Waals surface area (Å²) in [5.41, 5.74) is 0. The van der Waals surface area contributed by atoms with E-state index in [0.29, 0.717) is 18.2 Å². The average molecular weight is 283 g/mol. The molecule has 3 amide bonds. The van der Waals surface area contributed by atoms with Crippen molar-refractivity contribution in [1.82, 2.24) is 25.4 Å². The zero-order valence-corrected chi connectivity index (χ0v) is 11.6. The number of aromatic nitrogens is 3. The Hall–Kier alpha value is -1.83. The minimum atomic E-state index is -0.472. The van der Waals surface area contributed by atoms with Crippen molar-refractivity contribution in [1.29, 1.82) is 0 Å². The molecule has 0 aliphatic rings. The molecule has 0 aliphatic carbocycles. The van der Waals surface area contributed by atoms with Gasteiger partial charge in [0, 0.05) is 13.1 Å².